The highest BCUT2D eigenvalue weighted by Crippen LogP contribution is 2.35. The number of nitrogens with zero attached hydrogens (tertiary/aromatic N) is 2. The van der Waals surface area contributed by atoms with Gasteiger partial charge in [-0.1, -0.05) is 52.1 Å². The van der Waals surface area contributed by atoms with Crippen molar-refractivity contribution in [2.24, 2.45) is 0 Å². The largest absolute Gasteiger partial charge is 0.358 e. The Labute approximate surface area is 188 Å². The first kappa shape index (κ1) is 22.8. The predicted octanol–water partition coefficient (Wildman–Crippen LogP) is 6.89. The molecule has 0 radical (unpaired) electrons. The molecule has 0 aliphatic rings. The minimum atomic E-state index is -0.491. The number of rotatable bonds is 9. The van der Waals surface area contributed by atoms with E-state index >= 15 is 0 Å². The van der Waals surface area contributed by atoms with Crippen molar-refractivity contribution in [3.05, 3.63) is 103 Å². The fraction of sp³-hybridized carbons (Fsp3) is 0.231. The van der Waals surface area contributed by atoms with E-state index in [1.54, 1.807) is 18.5 Å². The molecule has 0 saturated carbocycles. The Kier molecular flexibility index (Phi) is 7.29. The summed E-state index contributed by atoms with van der Waals surface area (Å²) >= 11 is 1.84. The maximum Gasteiger partial charge on any atom is 0.212 e. The Hall–Kier alpha value is -2.92. The molecular formula is C26H28FN3S. The molecule has 0 spiro atoms. The van der Waals surface area contributed by atoms with Crippen LogP contribution >= 0.6 is 11.8 Å². The zero-order valence-electron chi connectivity index (χ0n) is 18.3. The van der Waals surface area contributed by atoms with Crippen LogP contribution < -0.4 is 5.32 Å². The third-order valence-electron chi connectivity index (χ3n) is 5.25. The molecule has 160 valence electrons. The van der Waals surface area contributed by atoms with E-state index in [4.69, 9.17) is 0 Å². The predicted molar refractivity (Wildman–Crippen MR) is 130 cm³/mol. The van der Waals surface area contributed by atoms with Crippen molar-refractivity contribution in [2.45, 2.75) is 37.5 Å². The quantitative estimate of drug-likeness (QED) is 0.295. The van der Waals surface area contributed by atoms with Gasteiger partial charge in [-0.3, -0.25) is 4.98 Å². The van der Waals surface area contributed by atoms with E-state index in [-0.39, 0.29) is 0 Å². The van der Waals surface area contributed by atoms with Gasteiger partial charge in [0.1, 0.15) is 0 Å². The van der Waals surface area contributed by atoms with Crippen LogP contribution in [-0.2, 0) is 11.8 Å². The van der Waals surface area contributed by atoms with Crippen LogP contribution in [0, 0.1) is 5.95 Å². The van der Waals surface area contributed by atoms with Gasteiger partial charge in [-0.05, 0) is 52.8 Å². The number of anilines is 1. The molecule has 1 aromatic carbocycles. The van der Waals surface area contributed by atoms with Crippen molar-refractivity contribution < 1.29 is 4.39 Å². The molecule has 1 N–H and O–H groups in total. The van der Waals surface area contributed by atoms with Crippen LogP contribution in [0.4, 0.5) is 10.1 Å². The topological polar surface area (TPSA) is 37.8 Å². The first-order valence-electron chi connectivity index (χ1n) is 10.2. The summed E-state index contributed by atoms with van der Waals surface area (Å²) in [5.41, 5.74) is 5.09. The molecule has 0 bridgehead atoms. The molecule has 5 heteroatoms. The average Bonchev–Trinajstić information content (AvgIpc) is 2.75. The van der Waals surface area contributed by atoms with Crippen molar-refractivity contribution in [3.63, 3.8) is 0 Å². The number of aromatic nitrogens is 2. The highest BCUT2D eigenvalue weighted by atomic mass is 32.2. The minimum Gasteiger partial charge on any atom is -0.358 e. The highest BCUT2D eigenvalue weighted by molar-refractivity contribution is 7.99. The van der Waals surface area contributed by atoms with Gasteiger partial charge in [-0.15, -0.1) is 11.8 Å². The molecule has 31 heavy (non-hydrogen) atoms. The second kappa shape index (κ2) is 9.92. The van der Waals surface area contributed by atoms with E-state index in [2.05, 4.69) is 59.6 Å². The number of allylic oxidation sites excluding steroid dienone is 2. The minimum absolute atomic E-state index is 0.422. The lowest BCUT2D eigenvalue weighted by Crippen LogP contribution is -2.20. The van der Waals surface area contributed by atoms with Crippen molar-refractivity contribution in [1.82, 2.24) is 9.97 Å². The average molecular weight is 434 g/mol. The van der Waals surface area contributed by atoms with Gasteiger partial charge in [-0.2, -0.15) is 4.39 Å². The van der Waals surface area contributed by atoms with E-state index < -0.39 is 11.4 Å². The lowest BCUT2D eigenvalue weighted by Gasteiger charge is -2.27. The first-order valence-corrected chi connectivity index (χ1v) is 11.2. The maximum atomic E-state index is 13.2. The molecule has 2 heterocycles. The van der Waals surface area contributed by atoms with Crippen LogP contribution in [0.1, 0.15) is 37.6 Å². The van der Waals surface area contributed by atoms with E-state index in [0.717, 1.165) is 40.4 Å². The van der Waals surface area contributed by atoms with Crippen molar-refractivity contribution in [1.29, 1.82) is 0 Å². The number of hydrogen-bond acceptors (Lipinski definition) is 4. The number of thioether (sulfide) groups is 1. The SMILES string of the molecule is C=C(Cc1ccc(SCC)cc1)Nc1ccc(C(=C)C(C)(C)c2ccc(F)nc2)nc1. The molecule has 0 saturated heterocycles. The standard InChI is InChI=1S/C26H28FN3S/c1-6-31-23-11-7-20(8-12-23)15-18(2)30-22-10-13-24(28-17-22)19(3)26(4,5)21-9-14-25(27)29-16-21/h7-14,16-17,30H,2-3,6,15H2,1,4-5H3. The van der Waals surface area contributed by atoms with Crippen LogP contribution in [0.3, 0.4) is 0 Å². The lowest BCUT2D eigenvalue weighted by molar-refractivity contribution is 0.577. The molecule has 3 aromatic rings. The Morgan fingerprint density at radius 2 is 1.74 bits per heavy atom. The third kappa shape index (κ3) is 5.82. The second-order valence-corrected chi connectivity index (χ2v) is 9.22. The van der Waals surface area contributed by atoms with Crippen LogP contribution in [0.5, 0.6) is 0 Å². The van der Waals surface area contributed by atoms with Gasteiger partial charge in [-0.25, -0.2) is 4.98 Å². The van der Waals surface area contributed by atoms with Gasteiger partial charge in [0.15, 0.2) is 0 Å². The van der Waals surface area contributed by atoms with Gasteiger partial charge >= 0.3 is 0 Å². The number of benzene rings is 1. The van der Waals surface area contributed by atoms with Crippen LogP contribution in [0.25, 0.3) is 5.57 Å². The molecular weight excluding hydrogens is 405 g/mol. The second-order valence-electron chi connectivity index (χ2n) is 7.89. The Bertz CT molecular complexity index is 1040. The molecule has 3 rings (SSSR count). The van der Waals surface area contributed by atoms with Crippen LogP contribution in [0.15, 0.2) is 84.7 Å². The summed E-state index contributed by atoms with van der Waals surface area (Å²) in [6.45, 7) is 14.6. The highest BCUT2D eigenvalue weighted by Gasteiger charge is 2.26. The van der Waals surface area contributed by atoms with Gasteiger partial charge < -0.3 is 5.32 Å². The monoisotopic (exact) mass is 433 g/mol. The van der Waals surface area contributed by atoms with Gasteiger partial charge in [0.2, 0.25) is 5.95 Å². The molecule has 3 nitrogen and oxygen atoms in total. The van der Waals surface area contributed by atoms with Crippen molar-refractivity contribution in [2.75, 3.05) is 11.1 Å². The molecule has 2 aromatic heterocycles. The number of hydrogen-bond donors (Lipinski definition) is 1. The molecule has 0 aliphatic carbocycles. The Balaban J connectivity index is 1.63. The van der Waals surface area contributed by atoms with E-state index in [1.807, 2.05) is 37.7 Å². The summed E-state index contributed by atoms with van der Waals surface area (Å²) < 4.78 is 13.2. The van der Waals surface area contributed by atoms with E-state index in [0.29, 0.717) is 0 Å². The molecule has 0 fully saturated rings. The summed E-state index contributed by atoms with van der Waals surface area (Å²) in [5.74, 6) is 0.579. The molecule has 0 amide bonds. The van der Waals surface area contributed by atoms with Crippen LogP contribution in [-0.4, -0.2) is 15.7 Å². The summed E-state index contributed by atoms with van der Waals surface area (Å²) in [5, 5.41) is 3.33. The van der Waals surface area contributed by atoms with Gasteiger partial charge in [0, 0.05) is 28.6 Å². The normalized spacial score (nSPS) is 11.2. The number of nitrogens with one attached hydrogen (secondary N) is 1. The Morgan fingerprint density at radius 3 is 2.32 bits per heavy atom. The zero-order valence-corrected chi connectivity index (χ0v) is 19.1. The summed E-state index contributed by atoms with van der Waals surface area (Å²) in [7, 11) is 0. The van der Waals surface area contributed by atoms with Crippen molar-refractivity contribution >= 4 is 23.0 Å². The zero-order chi connectivity index (χ0) is 22.4. The van der Waals surface area contributed by atoms with Crippen LogP contribution in [0.2, 0.25) is 0 Å². The fourth-order valence-electron chi connectivity index (χ4n) is 3.25. The first-order chi connectivity index (χ1) is 14.8. The lowest BCUT2D eigenvalue weighted by atomic mass is 9.77. The summed E-state index contributed by atoms with van der Waals surface area (Å²) in [6.07, 6.45) is 4.08. The fourth-order valence-corrected chi connectivity index (χ4v) is 3.91. The van der Waals surface area contributed by atoms with Gasteiger partial charge in [0.25, 0.3) is 0 Å². The molecule has 0 aliphatic heterocycles. The van der Waals surface area contributed by atoms with E-state index in [9.17, 15) is 4.39 Å². The van der Waals surface area contributed by atoms with E-state index in [1.165, 1.54) is 16.5 Å². The van der Waals surface area contributed by atoms with Gasteiger partial charge in [0.05, 0.1) is 17.6 Å². The third-order valence-corrected chi connectivity index (χ3v) is 6.14. The molecule has 0 unspecified atom stereocenters. The smallest absolute Gasteiger partial charge is 0.212 e. The number of pyridine rings is 2. The summed E-state index contributed by atoms with van der Waals surface area (Å²) in [4.78, 5) is 9.63. The molecule has 0 atom stereocenters. The summed E-state index contributed by atoms with van der Waals surface area (Å²) in [6, 6.07) is 15.6. The number of halogens is 1. The van der Waals surface area contributed by atoms with Crippen molar-refractivity contribution in [3.8, 4) is 0 Å². The maximum absolute atomic E-state index is 13.2. The Morgan fingerprint density at radius 1 is 1.00 bits per heavy atom.